The number of halogens is 1. The van der Waals surface area contributed by atoms with Gasteiger partial charge < -0.3 is 5.32 Å². The van der Waals surface area contributed by atoms with Crippen LogP contribution in [0.15, 0.2) is 0 Å². The molecular formula is C11H20ClN. The molecule has 0 radical (unpaired) electrons. The van der Waals surface area contributed by atoms with Crippen molar-refractivity contribution in [3.05, 3.63) is 0 Å². The molecule has 0 aliphatic heterocycles. The van der Waals surface area contributed by atoms with Gasteiger partial charge in [-0.2, -0.15) is 0 Å². The summed E-state index contributed by atoms with van der Waals surface area (Å²) in [7, 11) is 0. The van der Waals surface area contributed by atoms with E-state index in [9.17, 15) is 0 Å². The number of hydrogen-bond acceptors (Lipinski definition) is 1. The second-order valence-electron chi connectivity index (χ2n) is 4.73. The van der Waals surface area contributed by atoms with Crippen molar-refractivity contribution in [1.29, 1.82) is 0 Å². The van der Waals surface area contributed by atoms with Crippen molar-refractivity contribution in [1.82, 2.24) is 5.32 Å². The molecule has 0 heterocycles. The summed E-state index contributed by atoms with van der Waals surface area (Å²) < 4.78 is 0. The Bertz CT molecular complexity index is 156. The van der Waals surface area contributed by atoms with Crippen molar-refractivity contribution >= 4 is 11.6 Å². The van der Waals surface area contributed by atoms with E-state index in [1.54, 1.807) is 0 Å². The van der Waals surface area contributed by atoms with Crippen molar-refractivity contribution in [2.75, 3.05) is 13.1 Å². The van der Waals surface area contributed by atoms with Gasteiger partial charge in [0.15, 0.2) is 0 Å². The van der Waals surface area contributed by atoms with Crippen molar-refractivity contribution in [3.8, 4) is 0 Å². The molecule has 2 saturated carbocycles. The van der Waals surface area contributed by atoms with E-state index >= 15 is 0 Å². The average Bonchev–Trinajstić information content (AvgIpc) is 2.88. The summed E-state index contributed by atoms with van der Waals surface area (Å²) in [5, 5.41) is 4.04. The maximum Gasteiger partial charge on any atom is 0.0339 e. The van der Waals surface area contributed by atoms with Gasteiger partial charge >= 0.3 is 0 Å². The van der Waals surface area contributed by atoms with Crippen LogP contribution in [-0.2, 0) is 0 Å². The molecule has 2 rings (SSSR count). The molecule has 76 valence electrons. The van der Waals surface area contributed by atoms with Gasteiger partial charge in [0.25, 0.3) is 0 Å². The zero-order valence-corrected chi connectivity index (χ0v) is 9.02. The van der Waals surface area contributed by atoms with Crippen molar-refractivity contribution < 1.29 is 0 Å². The molecule has 0 aromatic rings. The molecular weight excluding hydrogens is 182 g/mol. The summed E-state index contributed by atoms with van der Waals surface area (Å²) in [5.41, 5.74) is 0. The molecule has 2 fully saturated rings. The molecule has 0 spiro atoms. The Morgan fingerprint density at radius 3 is 2.46 bits per heavy atom. The van der Waals surface area contributed by atoms with Crippen LogP contribution in [0.2, 0.25) is 0 Å². The van der Waals surface area contributed by atoms with E-state index in [2.05, 4.69) is 5.32 Å². The standard InChI is InChI=1S/C11H20ClN/c12-11-3-1-2-10(6-11)8-13-7-9-4-5-9/h9-11,13H,1-8H2. The van der Waals surface area contributed by atoms with E-state index in [4.69, 9.17) is 11.6 Å². The van der Waals surface area contributed by atoms with Gasteiger partial charge in [-0.1, -0.05) is 6.42 Å². The van der Waals surface area contributed by atoms with Crippen LogP contribution in [0.5, 0.6) is 0 Å². The van der Waals surface area contributed by atoms with Crippen molar-refractivity contribution in [2.45, 2.75) is 43.9 Å². The van der Waals surface area contributed by atoms with Gasteiger partial charge in [-0.15, -0.1) is 11.6 Å². The molecule has 2 heteroatoms. The van der Waals surface area contributed by atoms with Gasteiger partial charge in [-0.25, -0.2) is 0 Å². The molecule has 2 aliphatic carbocycles. The van der Waals surface area contributed by atoms with E-state index in [0.29, 0.717) is 5.38 Å². The second kappa shape index (κ2) is 4.65. The topological polar surface area (TPSA) is 12.0 Å². The summed E-state index contributed by atoms with van der Waals surface area (Å²) in [6.45, 7) is 2.46. The fourth-order valence-corrected chi connectivity index (χ4v) is 2.63. The molecule has 2 unspecified atom stereocenters. The van der Waals surface area contributed by atoms with Crippen LogP contribution >= 0.6 is 11.6 Å². The van der Waals surface area contributed by atoms with Gasteiger partial charge in [0.2, 0.25) is 0 Å². The third-order valence-electron chi connectivity index (χ3n) is 3.28. The summed E-state index contributed by atoms with van der Waals surface area (Å²) in [6, 6.07) is 0. The summed E-state index contributed by atoms with van der Waals surface area (Å²) >= 11 is 6.14. The zero-order chi connectivity index (χ0) is 9.10. The minimum absolute atomic E-state index is 0.460. The Hall–Kier alpha value is 0.250. The molecule has 1 nitrogen and oxygen atoms in total. The van der Waals surface area contributed by atoms with Crippen LogP contribution in [0.25, 0.3) is 0 Å². The van der Waals surface area contributed by atoms with Gasteiger partial charge in [0.05, 0.1) is 0 Å². The smallest absolute Gasteiger partial charge is 0.0339 e. The van der Waals surface area contributed by atoms with Crippen LogP contribution in [0, 0.1) is 11.8 Å². The lowest BCUT2D eigenvalue weighted by atomic mass is 9.89. The van der Waals surface area contributed by atoms with Crippen molar-refractivity contribution in [2.24, 2.45) is 11.8 Å². The lowest BCUT2D eigenvalue weighted by Gasteiger charge is -2.25. The quantitative estimate of drug-likeness (QED) is 0.690. The molecule has 2 aliphatic rings. The zero-order valence-electron chi connectivity index (χ0n) is 8.27. The third-order valence-corrected chi connectivity index (χ3v) is 3.68. The van der Waals surface area contributed by atoms with Crippen molar-refractivity contribution in [3.63, 3.8) is 0 Å². The molecule has 0 bridgehead atoms. The van der Waals surface area contributed by atoms with Crippen LogP contribution in [0.1, 0.15) is 38.5 Å². The average molecular weight is 202 g/mol. The first kappa shape index (κ1) is 9.79. The lowest BCUT2D eigenvalue weighted by molar-refractivity contribution is 0.345. The minimum Gasteiger partial charge on any atom is -0.316 e. The van der Waals surface area contributed by atoms with Crippen LogP contribution < -0.4 is 5.32 Å². The predicted octanol–water partition coefficient (Wildman–Crippen LogP) is 2.78. The molecule has 2 atom stereocenters. The number of hydrogen-bond donors (Lipinski definition) is 1. The predicted molar refractivity (Wildman–Crippen MR) is 57.2 cm³/mol. The normalized spacial score (nSPS) is 34.8. The first-order chi connectivity index (χ1) is 6.34. The van der Waals surface area contributed by atoms with Crippen LogP contribution in [0.3, 0.4) is 0 Å². The molecule has 0 amide bonds. The fourth-order valence-electron chi connectivity index (χ4n) is 2.22. The van der Waals surface area contributed by atoms with Gasteiger partial charge in [0, 0.05) is 5.38 Å². The van der Waals surface area contributed by atoms with E-state index in [0.717, 1.165) is 11.8 Å². The molecule has 0 aromatic carbocycles. The highest BCUT2D eigenvalue weighted by molar-refractivity contribution is 6.20. The molecule has 0 saturated heterocycles. The fraction of sp³-hybridized carbons (Fsp3) is 1.00. The van der Waals surface area contributed by atoms with E-state index in [1.165, 1.54) is 51.6 Å². The Kier molecular flexibility index (Phi) is 3.51. The number of alkyl halides is 1. The van der Waals surface area contributed by atoms with E-state index in [-0.39, 0.29) is 0 Å². The molecule has 13 heavy (non-hydrogen) atoms. The van der Waals surface area contributed by atoms with E-state index in [1.807, 2.05) is 0 Å². The van der Waals surface area contributed by atoms with E-state index < -0.39 is 0 Å². The van der Waals surface area contributed by atoms with Gasteiger partial charge in [-0.3, -0.25) is 0 Å². The summed E-state index contributed by atoms with van der Waals surface area (Å²) in [5.74, 6) is 1.87. The minimum atomic E-state index is 0.460. The lowest BCUT2D eigenvalue weighted by Crippen LogP contribution is -2.28. The number of rotatable bonds is 4. The Labute approximate surface area is 86.2 Å². The second-order valence-corrected chi connectivity index (χ2v) is 5.35. The first-order valence-electron chi connectivity index (χ1n) is 5.69. The monoisotopic (exact) mass is 201 g/mol. The maximum absolute atomic E-state index is 6.14. The highest BCUT2D eigenvalue weighted by Crippen LogP contribution is 2.29. The Morgan fingerprint density at radius 2 is 1.77 bits per heavy atom. The highest BCUT2D eigenvalue weighted by atomic mass is 35.5. The maximum atomic E-state index is 6.14. The Morgan fingerprint density at radius 1 is 1.00 bits per heavy atom. The third kappa shape index (κ3) is 3.47. The SMILES string of the molecule is ClC1CCCC(CNCC2CC2)C1. The molecule has 1 N–H and O–H groups in total. The first-order valence-corrected chi connectivity index (χ1v) is 6.13. The van der Waals surface area contributed by atoms with Gasteiger partial charge in [-0.05, 0) is 57.0 Å². The largest absolute Gasteiger partial charge is 0.316 e. The summed E-state index contributed by atoms with van der Waals surface area (Å²) in [6.07, 6.45) is 8.11. The van der Waals surface area contributed by atoms with Crippen LogP contribution in [-0.4, -0.2) is 18.5 Å². The Balaban J connectivity index is 1.56. The molecule has 0 aromatic heterocycles. The van der Waals surface area contributed by atoms with Crippen LogP contribution in [0.4, 0.5) is 0 Å². The highest BCUT2D eigenvalue weighted by Gasteiger charge is 2.23. The number of nitrogens with one attached hydrogen (secondary N) is 1. The summed E-state index contributed by atoms with van der Waals surface area (Å²) in [4.78, 5) is 0. The van der Waals surface area contributed by atoms with Gasteiger partial charge in [0.1, 0.15) is 0 Å².